The van der Waals surface area contributed by atoms with Crippen molar-refractivity contribution >= 4 is 35.0 Å². The number of imide groups is 1. The zero-order valence-electron chi connectivity index (χ0n) is 10.2. The third-order valence-corrected chi connectivity index (χ3v) is 3.05. The standard InChI is InChI=1S/C14H10Cl2N2O2/c15-11-5-1-3-9(7-11)13(19)18(17)14(20)10-4-2-6-12(16)8-10/h1-8H,17H2. The van der Waals surface area contributed by atoms with Crippen LogP contribution >= 0.6 is 23.2 Å². The lowest BCUT2D eigenvalue weighted by molar-refractivity contribution is 0.0615. The lowest BCUT2D eigenvalue weighted by Gasteiger charge is -2.15. The Hall–Kier alpha value is -1.88. The Bertz CT molecular complexity index is 616. The molecule has 0 aliphatic rings. The number of hydrogen-bond acceptors (Lipinski definition) is 3. The number of hydrazine groups is 1. The fourth-order valence-corrected chi connectivity index (χ4v) is 1.99. The van der Waals surface area contributed by atoms with Gasteiger partial charge in [-0.1, -0.05) is 35.3 Å². The molecule has 0 fully saturated rings. The smallest absolute Gasteiger partial charge is 0.267 e. The molecule has 20 heavy (non-hydrogen) atoms. The predicted octanol–water partition coefficient (Wildman–Crippen LogP) is 3.15. The van der Waals surface area contributed by atoms with Gasteiger partial charge in [-0.2, -0.15) is 0 Å². The first-order valence-corrected chi connectivity index (χ1v) is 6.39. The van der Waals surface area contributed by atoms with Crippen molar-refractivity contribution in [2.75, 3.05) is 0 Å². The van der Waals surface area contributed by atoms with Gasteiger partial charge >= 0.3 is 0 Å². The molecule has 6 heteroatoms. The number of rotatable bonds is 2. The summed E-state index contributed by atoms with van der Waals surface area (Å²) in [6.45, 7) is 0. The average molecular weight is 309 g/mol. The van der Waals surface area contributed by atoms with Gasteiger partial charge in [0.2, 0.25) is 0 Å². The van der Waals surface area contributed by atoms with E-state index >= 15 is 0 Å². The van der Waals surface area contributed by atoms with Crippen LogP contribution in [0.15, 0.2) is 48.5 Å². The molecule has 0 saturated heterocycles. The Balaban J connectivity index is 2.25. The molecule has 0 atom stereocenters. The molecule has 0 saturated carbocycles. The number of nitrogens with two attached hydrogens (primary N) is 1. The Kier molecular flexibility index (Phi) is 4.39. The van der Waals surface area contributed by atoms with Crippen molar-refractivity contribution in [2.45, 2.75) is 0 Å². The zero-order valence-corrected chi connectivity index (χ0v) is 11.7. The van der Waals surface area contributed by atoms with Crippen LogP contribution in [-0.2, 0) is 0 Å². The van der Waals surface area contributed by atoms with Gasteiger partial charge in [0.25, 0.3) is 11.8 Å². The van der Waals surface area contributed by atoms with Gasteiger partial charge in [0.15, 0.2) is 0 Å². The van der Waals surface area contributed by atoms with Crippen molar-refractivity contribution in [2.24, 2.45) is 5.84 Å². The summed E-state index contributed by atoms with van der Waals surface area (Å²) in [4.78, 5) is 24.2. The van der Waals surface area contributed by atoms with E-state index in [4.69, 9.17) is 29.0 Å². The molecule has 4 nitrogen and oxygen atoms in total. The normalized spacial score (nSPS) is 10.2. The highest BCUT2D eigenvalue weighted by atomic mass is 35.5. The van der Waals surface area contributed by atoms with Crippen LogP contribution in [0.5, 0.6) is 0 Å². The zero-order chi connectivity index (χ0) is 14.7. The van der Waals surface area contributed by atoms with Gasteiger partial charge in [-0.25, -0.2) is 10.9 Å². The molecule has 2 rings (SSSR count). The van der Waals surface area contributed by atoms with Crippen molar-refractivity contribution < 1.29 is 9.59 Å². The molecular weight excluding hydrogens is 299 g/mol. The van der Waals surface area contributed by atoms with Crippen molar-refractivity contribution in [1.29, 1.82) is 0 Å². The minimum atomic E-state index is -0.641. The molecule has 0 aliphatic carbocycles. The molecule has 0 aromatic heterocycles. The maximum absolute atomic E-state index is 12.1. The molecule has 2 aromatic rings. The van der Waals surface area contributed by atoms with E-state index in [0.29, 0.717) is 15.1 Å². The van der Waals surface area contributed by atoms with E-state index in [1.165, 1.54) is 24.3 Å². The summed E-state index contributed by atoms with van der Waals surface area (Å²) in [5, 5.41) is 1.32. The minimum absolute atomic E-state index is 0.232. The highest BCUT2D eigenvalue weighted by Crippen LogP contribution is 2.15. The molecule has 0 radical (unpaired) electrons. The summed E-state index contributed by atoms with van der Waals surface area (Å²) in [6.07, 6.45) is 0. The maximum atomic E-state index is 12.1. The number of hydrogen-bond donors (Lipinski definition) is 1. The molecule has 0 heterocycles. The van der Waals surface area contributed by atoms with Crippen LogP contribution in [0.3, 0.4) is 0 Å². The largest absolute Gasteiger partial charge is 0.275 e. The molecule has 102 valence electrons. The molecule has 2 N–H and O–H groups in total. The van der Waals surface area contributed by atoms with Gasteiger partial charge in [0.05, 0.1) is 0 Å². The minimum Gasteiger partial charge on any atom is -0.267 e. The Morgan fingerprint density at radius 1 is 0.850 bits per heavy atom. The predicted molar refractivity (Wildman–Crippen MR) is 77.6 cm³/mol. The van der Waals surface area contributed by atoms with Gasteiger partial charge in [-0.3, -0.25) is 9.59 Å². The molecule has 0 spiro atoms. The van der Waals surface area contributed by atoms with Gasteiger partial charge in [0.1, 0.15) is 0 Å². The molecule has 0 aliphatic heterocycles. The van der Waals surface area contributed by atoms with Gasteiger partial charge < -0.3 is 0 Å². The van der Waals surface area contributed by atoms with Gasteiger partial charge in [0, 0.05) is 21.2 Å². The second-order valence-electron chi connectivity index (χ2n) is 4.00. The fraction of sp³-hybridized carbons (Fsp3) is 0. The van der Waals surface area contributed by atoms with Crippen molar-refractivity contribution in [3.8, 4) is 0 Å². The second-order valence-corrected chi connectivity index (χ2v) is 4.87. The van der Waals surface area contributed by atoms with E-state index in [0.717, 1.165) is 0 Å². The number of amides is 2. The van der Waals surface area contributed by atoms with Crippen molar-refractivity contribution in [3.05, 3.63) is 69.7 Å². The second kappa shape index (κ2) is 6.05. The number of carbonyl (C=O) groups excluding carboxylic acids is 2. The molecule has 2 aromatic carbocycles. The Morgan fingerprint density at radius 2 is 1.25 bits per heavy atom. The van der Waals surface area contributed by atoms with Crippen LogP contribution in [0.4, 0.5) is 0 Å². The highest BCUT2D eigenvalue weighted by Gasteiger charge is 2.21. The lowest BCUT2D eigenvalue weighted by Crippen LogP contribution is -2.42. The number of carbonyl (C=O) groups is 2. The van der Waals surface area contributed by atoms with Crippen LogP contribution in [0.2, 0.25) is 10.0 Å². The van der Waals surface area contributed by atoms with Crippen molar-refractivity contribution in [3.63, 3.8) is 0 Å². The first-order valence-electron chi connectivity index (χ1n) is 5.63. The van der Waals surface area contributed by atoms with E-state index in [1.807, 2.05) is 0 Å². The molecule has 0 bridgehead atoms. The van der Waals surface area contributed by atoms with Crippen LogP contribution in [0.1, 0.15) is 20.7 Å². The summed E-state index contributed by atoms with van der Waals surface area (Å²) in [6, 6.07) is 12.4. The Morgan fingerprint density at radius 3 is 1.60 bits per heavy atom. The third-order valence-electron chi connectivity index (χ3n) is 2.58. The summed E-state index contributed by atoms with van der Waals surface area (Å²) in [5.41, 5.74) is 0.464. The summed E-state index contributed by atoms with van der Waals surface area (Å²) < 4.78 is 0. The monoisotopic (exact) mass is 308 g/mol. The number of benzene rings is 2. The third kappa shape index (κ3) is 3.17. The maximum Gasteiger partial charge on any atom is 0.275 e. The van der Waals surface area contributed by atoms with E-state index in [9.17, 15) is 9.59 Å². The van der Waals surface area contributed by atoms with Crippen LogP contribution < -0.4 is 5.84 Å². The lowest BCUT2D eigenvalue weighted by atomic mass is 10.1. The SMILES string of the molecule is NN(C(=O)c1cccc(Cl)c1)C(=O)c1cccc(Cl)c1. The first-order chi connectivity index (χ1) is 9.49. The molecular formula is C14H10Cl2N2O2. The number of halogens is 2. The van der Waals surface area contributed by atoms with Crippen molar-refractivity contribution in [1.82, 2.24) is 5.01 Å². The average Bonchev–Trinajstić information content (AvgIpc) is 2.45. The van der Waals surface area contributed by atoms with E-state index in [2.05, 4.69) is 0 Å². The summed E-state index contributed by atoms with van der Waals surface area (Å²) >= 11 is 11.6. The molecule has 2 amide bonds. The van der Waals surface area contributed by atoms with Crippen LogP contribution in [0, 0.1) is 0 Å². The fourth-order valence-electron chi connectivity index (χ4n) is 1.61. The quantitative estimate of drug-likeness (QED) is 0.401. The Labute approximate surface area is 125 Å². The van der Waals surface area contributed by atoms with E-state index < -0.39 is 11.8 Å². The first kappa shape index (κ1) is 14.5. The van der Waals surface area contributed by atoms with E-state index in [1.54, 1.807) is 24.3 Å². The van der Waals surface area contributed by atoms with Crippen LogP contribution in [-0.4, -0.2) is 16.8 Å². The topological polar surface area (TPSA) is 63.4 Å². The van der Waals surface area contributed by atoms with Gasteiger partial charge in [-0.05, 0) is 36.4 Å². The molecule has 0 unspecified atom stereocenters. The summed E-state index contributed by atoms with van der Waals surface area (Å²) in [7, 11) is 0. The number of nitrogens with zero attached hydrogens (tertiary/aromatic N) is 1. The highest BCUT2D eigenvalue weighted by molar-refractivity contribution is 6.31. The van der Waals surface area contributed by atoms with E-state index in [-0.39, 0.29) is 11.1 Å². The summed E-state index contributed by atoms with van der Waals surface area (Å²) in [5.74, 6) is 4.29. The van der Waals surface area contributed by atoms with Crippen LogP contribution in [0.25, 0.3) is 0 Å². The van der Waals surface area contributed by atoms with Gasteiger partial charge in [-0.15, -0.1) is 0 Å².